The summed E-state index contributed by atoms with van der Waals surface area (Å²) in [6, 6.07) is 3.88. The monoisotopic (exact) mass is 206 g/mol. The van der Waals surface area contributed by atoms with Crippen molar-refractivity contribution in [1.29, 1.82) is 0 Å². The fourth-order valence-electron chi connectivity index (χ4n) is 1.21. The number of aryl methyl sites for hydroxylation is 1. The van der Waals surface area contributed by atoms with Gasteiger partial charge in [0.1, 0.15) is 0 Å². The van der Waals surface area contributed by atoms with E-state index in [1.165, 1.54) is 0 Å². The molecule has 1 heterocycles. The number of carbonyl (C=O) groups excluding carboxylic acids is 1. The number of amides is 1. The number of pyridine rings is 1. The molecule has 0 aliphatic rings. The third kappa shape index (κ3) is 5.15. The predicted molar refractivity (Wildman–Crippen MR) is 60.4 cm³/mol. The van der Waals surface area contributed by atoms with Gasteiger partial charge in [-0.3, -0.25) is 9.78 Å². The Labute approximate surface area is 90.9 Å². The summed E-state index contributed by atoms with van der Waals surface area (Å²) in [5, 5.41) is 2.89. The van der Waals surface area contributed by atoms with Crippen LogP contribution in [0.15, 0.2) is 24.5 Å². The number of hydrogen-bond donors (Lipinski definition) is 1. The quantitative estimate of drug-likeness (QED) is 0.798. The van der Waals surface area contributed by atoms with Crippen LogP contribution >= 0.6 is 0 Å². The summed E-state index contributed by atoms with van der Waals surface area (Å²) in [5.41, 5.74) is 1.11. The SMILES string of the molecule is CC(C)CNC(=O)CCc1cccnc1. The second kappa shape index (κ2) is 6.17. The first-order chi connectivity index (χ1) is 7.18. The van der Waals surface area contributed by atoms with Gasteiger partial charge in [-0.2, -0.15) is 0 Å². The van der Waals surface area contributed by atoms with Crippen LogP contribution in [-0.4, -0.2) is 17.4 Å². The Kier molecular flexibility index (Phi) is 4.81. The van der Waals surface area contributed by atoms with E-state index in [1.807, 2.05) is 12.1 Å². The van der Waals surface area contributed by atoms with Gasteiger partial charge in [0.2, 0.25) is 5.91 Å². The normalized spacial score (nSPS) is 10.3. The van der Waals surface area contributed by atoms with Gasteiger partial charge in [-0.15, -0.1) is 0 Å². The van der Waals surface area contributed by atoms with Gasteiger partial charge in [0.05, 0.1) is 0 Å². The molecular formula is C12H18N2O. The molecule has 0 spiro atoms. The van der Waals surface area contributed by atoms with E-state index in [0.29, 0.717) is 12.3 Å². The maximum absolute atomic E-state index is 11.4. The molecule has 0 saturated heterocycles. The highest BCUT2D eigenvalue weighted by atomic mass is 16.1. The first kappa shape index (κ1) is 11.7. The van der Waals surface area contributed by atoms with Crippen LogP contribution in [0.4, 0.5) is 0 Å². The molecule has 0 bridgehead atoms. The molecule has 0 atom stereocenters. The number of nitrogens with zero attached hydrogens (tertiary/aromatic N) is 1. The van der Waals surface area contributed by atoms with E-state index in [-0.39, 0.29) is 5.91 Å². The van der Waals surface area contributed by atoms with Crippen molar-refractivity contribution in [3.63, 3.8) is 0 Å². The van der Waals surface area contributed by atoms with E-state index in [1.54, 1.807) is 12.4 Å². The Morgan fingerprint density at radius 2 is 2.33 bits per heavy atom. The van der Waals surface area contributed by atoms with Crippen molar-refractivity contribution in [3.8, 4) is 0 Å². The molecule has 0 unspecified atom stereocenters. The smallest absolute Gasteiger partial charge is 0.220 e. The van der Waals surface area contributed by atoms with Gasteiger partial charge in [0.25, 0.3) is 0 Å². The molecule has 1 N–H and O–H groups in total. The molecular weight excluding hydrogens is 188 g/mol. The molecule has 3 heteroatoms. The van der Waals surface area contributed by atoms with Crippen molar-refractivity contribution < 1.29 is 4.79 Å². The molecule has 0 aromatic carbocycles. The summed E-state index contributed by atoms with van der Waals surface area (Å²) in [6.45, 7) is 4.93. The Bertz CT molecular complexity index is 296. The van der Waals surface area contributed by atoms with Crippen molar-refractivity contribution in [3.05, 3.63) is 30.1 Å². The van der Waals surface area contributed by atoms with E-state index in [9.17, 15) is 4.79 Å². The minimum Gasteiger partial charge on any atom is -0.356 e. The summed E-state index contributed by atoms with van der Waals surface area (Å²) in [7, 11) is 0. The Hall–Kier alpha value is -1.38. The molecule has 0 saturated carbocycles. The minimum absolute atomic E-state index is 0.118. The predicted octanol–water partition coefficient (Wildman–Crippen LogP) is 1.79. The van der Waals surface area contributed by atoms with Crippen molar-refractivity contribution in [2.45, 2.75) is 26.7 Å². The highest BCUT2D eigenvalue weighted by Gasteiger charge is 2.02. The lowest BCUT2D eigenvalue weighted by atomic mass is 10.1. The third-order valence-electron chi connectivity index (χ3n) is 2.07. The van der Waals surface area contributed by atoms with Gasteiger partial charge in [-0.25, -0.2) is 0 Å². The molecule has 1 aromatic heterocycles. The average Bonchev–Trinajstić information content (AvgIpc) is 2.25. The van der Waals surface area contributed by atoms with Gasteiger partial charge in [-0.05, 0) is 24.0 Å². The van der Waals surface area contributed by atoms with Gasteiger partial charge in [0.15, 0.2) is 0 Å². The van der Waals surface area contributed by atoms with Crippen molar-refractivity contribution in [2.24, 2.45) is 5.92 Å². The zero-order valence-electron chi connectivity index (χ0n) is 9.36. The van der Waals surface area contributed by atoms with E-state index in [0.717, 1.165) is 18.5 Å². The zero-order chi connectivity index (χ0) is 11.1. The molecule has 3 nitrogen and oxygen atoms in total. The van der Waals surface area contributed by atoms with Gasteiger partial charge < -0.3 is 5.32 Å². The molecule has 0 radical (unpaired) electrons. The van der Waals surface area contributed by atoms with Gasteiger partial charge in [-0.1, -0.05) is 19.9 Å². The highest BCUT2D eigenvalue weighted by molar-refractivity contribution is 5.76. The molecule has 0 aliphatic heterocycles. The maximum Gasteiger partial charge on any atom is 0.220 e. The molecule has 0 fully saturated rings. The molecule has 0 aliphatic carbocycles. The molecule has 82 valence electrons. The summed E-state index contributed by atoms with van der Waals surface area (Å²) in [6.07, 6.45) is 4.84. The second-order valence-corrected chi connectivity index (χ2v) is 4.06. The summed E-state index contributed by atoms with van der Waals surface area (Å²) < 4.78 is 0. The van der Waals surface area contributed by atoms with E-state index in [2.05, 4.69) is 24.1 Å². The Morgan fingerprint density at radius 1 is 1.53 bits per heavy atom. The average molecular weight is 206 g/mol. The molecule has 1 rings (SSSR count). The largest absolute Gasteiger partial charge is 0.356 e. The lowest BCUT2D eigenvalue weighted by Gasteiger charge is -2.07. The molecule has 1 amide bonds. The summed E-state index contributed by atoms with van der Waals surface area (Å²) >= 11 is 0. The fraction of sp³-hybridized carbons (Fsp3) is 0.500. The van der Waals surface area contributed by atoms with Crippen molar-refractivity contribution >= 4 is 5.91 Å². The first-order valence-electron chi connectivity index (χ1n) is 5.34. The Balaban J connectivity index is 2.23. The van der Waals surface area contributed by atoms with E-state index < -0.39 is 0 Å². The molecule has 1 aromatic rings. The van der Waals surface area contributed by atoms with Crippen molar-refractivity contribution in [2.75, 3.05) is 6.54 Å². The van der Waals surface area contributed by atoms with Crippen LogP contribution < -0.4 is 5.32 Å². The maximum atomic E-state index is 11.4. The topological polar surface area (TPSA) is 42.0 Å². The number of carbonyl (C=O) groups is 1. The third-order valence-corrected chi connectivity index (χ3v) is 2.07. The minimum atomic E-state index is 0.118. The van der Waals surface area contributed by atoms with E-state index in [4.69, 9.17) is 0 Å². The van der Waals surface area contributed by atoms with E-state index >= 15 is 0 Å². The van der Waals surface area contributed by atoms with Crippen LogP contribution in [-0.2, 0) is 11.2 Å². The highest BCUT2D eigenvalue weighted by Crippen LogP contribution is 2.00. The zero-order valence-corrected chi connectivity index (χ0v) is 9.36. The Morgan fingerprint density at radius 3 is 2.93 bits per heavy atom. The molecule has 15 heavy (non-hydrogen) atoms. The van der Waals surface area contributed by atoms with Crippen LogP contribution in [0, 0.1) is 5.92 Å². The van der Waals surface area contributed by atoms with Crippen LogP contribution in [0.2, 0.25) is 0 Å². The summed E-state index contributed by atoms with van der Waals surface area (Å²) in [4.78, 5) is 15.4. The number of aromatic nitrogens is 1. The lowest BCUT2D eigenvalue weighted by Crippen LogP contribution is -2.27. The number of nitrogens with one attached hydrogen (secondary N) is 1. The van der Waals surface area contributed by atoms with Crippen LogP contribution in [0.25, 0.3) is 0 Å². The van der Waals surface area contributed by atoms with Crippen LogP contribution in [0.3, 0.4) is 0 Å². The fourth-order valence-corrected chi connectivity index (χ4v) is 1.21. The summed E-state index contributed by atoms with van der Waals surface area (Å²) in [5.74, 6) is 0.625. The lowest BCUT2D eigenvalue weighted by molar-refractivity contribution is -0.121. The van der Waals surface area contributed by atoms with Crippen LogP contribution in [0.1, 0.15) is 25.8 Å². The van der Waals surface area contributed by atoms with Crippen LogP contribution in [0.5, 0.6) is 0 Å². The second-order valence-electron chi connectivity index (χ2n) is 4.06. The number of rotatable bonds is 5. The standard InChI is InChI=1S/C12H18N2O/c1-10(2)8-14-12(15)6-5-11-4-3-7-13-9-11/h3-4,7,9-10H,5-6,8H2,1-2H3,(H,14,15). The van der Waals surface area contributed by atoms with Crippen molar-refractivity contribution in [1.82, 2.24) is 10.3 Å². The number of hydrogen-bond acceptors (Lipinski definition) is 2. The van der Waals surface area contributed by atoms with Gasteiger partial charge >= 0.3 is 0 Å². The first-order valence-corrected chi connectivity index (χ1v) is 5.34. The van der Waals surface area contributed by atoms with Gasteiger partial charge in [0, 0.05) is 25.4 Å².